The molecule has 1 saturated heterocycles. The molecule has 13 heteroatoms. The van der Waals surface area contributed by atoms with Gasteiger partial charge >= 0.3 is 6.09 Å². The van der Waals surface area contributed by atoms with E-state index in [1.54, 1.807) is 0 Å². The van der Waals surface area contributed by atoms with Crippen LogP contribution in [0.1, 0.15) is 57.7 Å². The first-order chi connectivity index (χ1) is 22.8. The Kier molecular flexibility index (Phi) is 12.6. The highest BCUT2D eigenvalue weighted by Gasteiger charge is 2.26. The molecule has 5 N–H and O–H groups in total. The van der Waals surface area contributed by atoms with E-state index in [0.29, 0.717) is 26.1 Å². The molecular formula is C35H45N5O7S. The summed E-state index contributed by atoms with van der Waals surface area (Å²) >= 11 is 0. The number of amides is 3. The number of hydrogen-bond donors (Lipinski definition) is 5. The summed E-state index contributed by atoms with van der Waals surface area (Å²) in [6.07, 6.45) is 0.877. The molecule has 1 aliphatic rings. The number of sulfonamides is 1. The van der Waals surface area contributed by atoms with Crippen LogP contribution in [-0.4, -0.2) is 93.1 Å². The number of rotatable bonds is 14. The quantitative estimate of drug-likeness (QED) is 0.173. The summed E-state index contributed by atoms with van der Waals surface area (Å²) in [4.78, 5) is 39.8. The fourth-order valence-corrected chi connectivity index (χ4v) is 6.15. The second-order valence-corrected chi connectivity index (χ2v) is 14.3. The predicted octanol–water partition coefficient (Wildman–Crippen LogP) is 3.26. The maximum Gasteiger partial charge on any atom is 0.407 e. The molecule has 258 valence electrons. The topological polar surface area (TPSA) is 168 Å². The van der Waals surface area contributed by atoms with Crippen molar-refractivity contribution in [3.63, 3.8) is 0 Å². The van der Waals surface area contributed by atoms with E-state index in [4.69, 9.17) is 0 Å². The van der Waals surface area contributed by atoms with Crippen molar-refractivity contribution < 1.29 is 33.0 Å². The lowest BCUT2D eigenvalue weighted by Crippen LogP contribution is -2.49. The molecule has 0 aromatic heterocycles. The molecule has 3 aromatic rings. The van der Waals surface area contributed by atoms with E-state index in [-0.39, 0.29) is 35.3 Å². The van der Waals surface area contributed by atoms with Crippen LogP contribution < -0.4 is 20.3 Å². The lowest BCUT2D eigenvalue weighted by molar-refractivity contribution is 0.0823. The second kappa shape index (κ2) is 16.6. The predicted molar refractivity (Wildman–Crippen MR) is 185 cm³/mol. The average molecular weight is 680 g/mol. The lowest BCUT2D eigenvalue weighted by atomic mass is 9.96. The maximum atomic E-state index is 13.8. The third kappa shape index (κ3) is 10.3. The van der Waals surface area contributed by atoms with Crippen LogP contribution in [0.15, 0.2) is 78.9 Å². The number of hydrogen-bond acceptors (Lipinski definition) is 7. The molecule has 0 saturated carbocycles. The number of nitrogens with one attached hydrogen (secondary N) is 3. The van der Waals surface area contributed by atoms with Gasteiger partial charge in [0.2, 0.25) is 10.0 Å². The monoisotopic (exact) mass is 679 g/mol. The fraction of sp³-hybridized carbons (Fsp3) is 0.400. The number of aliphatic hydroxyl groups is 1. The second-order valence-electron chi connectivity index (χ2n) is 12.3. The molecule has 0 spiro atoms. The van der Waals surface area contributed by atoms with Gasteiger partial charge in [-0.15, -0.1) is 0 Å². The largest absolute Gasteiger partial charge is 0.465 e. The standard InChI is InChI=1S/C35H45N5O7S/c1-24(27-12-8-5-9-13-27)37-33(42)28-19-29(21-30(20-28)39(2)48(3,46)47)34(43)38-31(18-25-10-6-4-7-11-25)32(41)23-36-22-26-14-16-40(17-15-26)35(44)45/h4-13,19-21,24,26,31-32,36,41H,14-18,22-23H2,1-3H3,(H,37,42)(H,38,43)(H,44,45). The zero-order valence-corrected chi connectivity index (χ0v) is 28.3. The first kappa shape index (κ1) is 36.4. The molecule has 1 heterocycles. The molecule has 4 rings (SSSR count). The van der Waals surface area contributed by atoms with E-state index in [1.165, 1.54) is 30.1 Å². The Morgan fingerprint density at radius 3 is 2.04 bits per heavy atom. The summed E-state index contributed by atoms with van der Waals surface area (Å²) in [5, 5.41) is 29.6. The Morgan fingerprint density at radius 2 is 1.48 bits per heavy atom. The van der Waals surface area contributed by atoms with Gasteiger partial charge < -0.3 is 31.1 Å². The molecule has 3 aromatic carbocycles. The number of anilines is 1. The molecule has 3 unspecified atom stereocenters. The third-order valence-electron chi connectivity index (χ3n) is 8.70. The van der Waals surface area contributed by atoms with Crippen molar-refractivity contribution in [3.05, 3.63) is 101 Å². The SMILES string of the molecule is CC(NC(=O)c1cc(C(=O)NC(Cc2ccccc2)C(O)CNCC2CCN(C(=O)O)CC2)cc(N(C)S(C)(=O)=O)c1)c1ccccc1. The highest BCUT2D eigenvalue weighted by Crippen LogP contribution is 2.23. The van der Waals surface area contributed by atoms with Crippen LogP contribution in [-0.2, 0) is 16.4 Å². The molecule has 3 amide bonds. The van der Waals surface area contributed by atoms with E-state index in [2.05, 4.69) is 16.0 Å². The lowest BCUT2D eigenvalue weighted by Gasteiger charge is -2.31. The van der Waals surface area contributed by atoms with Gasteiger partial charge in [-0.25, -0.2) is 13.2 Å². The van der Waals surface area contributed by atoms with Gasteiger partial charge in [-0.3, -0.25) is 13.9 Å². The van der Waals surface area contributed by atoms with Gasteiger partial charge in [0.05, 0.1) is 30.1 Å². The van der Waals surface area contributed by atoms with Crippen LogP contribution in [0.4, 0.5) is 10.5 Å². The zero-order valence-electron chi connectivity index (χ0n) is 27.5. The molecule has 0 bridgehead atoms. The maximum absolute atomic E-state index is 13.8. The van der Waals surface area contributed by atoms with E-state index in [9.17, 15) is 33.0 Å². The minimum atomic E-state index is -3.72. The van der Waals surface area contributed by atoms with Crippen LogP contribution >= 0.6 is 0 Å². The summed E-state index contributed by atoms with van der Waals surface area (Å²) in [6.45, 7) is 3.54. The highest BCUT2D eigenvalue weighted by molar-refractivity contribution is 7.92. The van der Waals surface area contributed by atoms with Gasteiger partial charge in [-0.2, -0.15) is 0 Å². The van der Waals surface area contributed by atoms with E-state index in [0.717, 1.165) is 34.5 Å². The van der Waals surface area contributed by atoms with Crippen molar-refractivity contribution >= 4 is 33.6 Å². The smallest absolute Gasteiger partial charge is 0.407 e. The van der Waals surface area contributed by atoms with Crippen molar-refractivity contribution in [1.82, 2.24) is 20.9 Å². The number of carbonyl (C=O) groups excluding carboxylic acids is 2. The average Bonchev–Trinajstić information content (AvgIpc) is 3.07. The van der Waals surface area contributed by atoms with Crippen molar-refractivity contribution in [2.24, 2.45) is 5.92 Å². The Bertz CT molecular complexity index is 1650. The number of nitrogens with zero attached hydrogens (tertiary/aromatic N) is 2. The Labute approximate surface area is 282 Å². The summed E-state index contributed by atoms with van der Waals surface area (Å²) < 4.78 is 25.9. The van der Waals surface area contributed by atoms with Gasteiger partial charge in [0.15, 0.2) is 0 Å². The fourth-order valence-electron chi connectivity index (χ4n) is 5.66. The van der Waals surface area contributed by atoms with Gasteiger partial charge in [0.1, 0.15) is 0 Å². The summed E-state index contributed by atoms with van der Waals surface area (Å²) in [7, 11) is -2.37. The number of carboxylic acid groups (broad SMARTS) is 1. The first-order valence-corrected chi connectivity index (χ1v) is 17.8. The Hall–Kier alpha value is -4.46. The van der Waals surface area contributed by atoms with Crippen LogP contribution in [0, 0.1) is 5.92 Å². The van der Waals surface area contributed by atoms with E-state index >= 15 is 0 Å². The molecule has 0 radical (unpaired) electrons. The van der Waals surface area contributed by atoms with E-state index < -0.39 is 40.1 Å². The van der Waals surface area contributed by atoms with Crippen molar-refractivity contribution in [2.45, 2.75) is 44.4 Å². The van der Waals surface area contributed by atoms with Crippen molar-refractivity contribution in [2.75, 3.05) is 43.8 Å². The molecular weight excluding hydrogens is 634 g/mol. The van der Waals surface area contributed by atoms with E-state index in [1.807, 2.05) is 67.6 Å². The van der Waals surface area contributed by atoms with Crippen molar-refractivity contribution in [3.8, 4) is 0 Å². The number of piperidine rings is 1. The normalized spacial score (nSPS) is 15.6. The minimum absolute atomic E-state index is 0.0592. The number of likely N-dealkylation sites (tertiary alicyclic amines) is 1. The Morgan fingerprint density at radius 1 is 0.917 bits per heavy atom. The molecule has 0 aliphatic carbocycles. The number of aliphatic hydroxyl groups excluding tert-OH is 1. The summed E-state index contributed by atoms with van der Waals surface area (Å²) in [5.74, 6) is -0.799. The molecule has 48 heavy (non-hydrogen) atoms. The molecule has 1 fully saturated rings. The number of benzene rings is 3. The first-order valence-electron chi connectivity index (χ1n) is 16.0. The van der Waals surface area contributed by atoms with Crippen LogP contribution in [0.5, 0.6) is 0 Å². The highest BCUT2D eigenvalue weighted by atomic mass is 32.2. The van der Waals surface area contributed by atoms with Crippen molar-refractivity contribution in [1.29, 1.82) is 0 Å². The van der Waals surface area contributed by atoms with Gasteiger partial charge in [-0.05, 0) is 68.0 Å². The minimum Gasteiger partial charge on any atom is -0.465 e. The van der Waals surface area contributed by atoms with Crippen LogP contribution in [0.3, 0.4) is 0 Å². The summed E-state index contributed by atoms with van der Waals surface area (Å²) in [5.41, 5.74) is 2.07. The van der Waals surface area contributed by atoms with Crippen LogP contribution in [0.25, 0.3) is 0 Å². The molecule has 12 nitrogen and oxygen atoms in total. The zero-order chi connectivity index (χ0) is 34.8. The Balaban J connectivity index is 1.52. The van der Waals surface area contributed by atoms with Gasteiger partial charge in [-0.1, -0.05) is 60.7 Å². The van der Waals surface area contributed by atoms with Crippen LogP contribution in [0.2, 0.25) is 0 Å². The van der Waals surface area contributed by atoms with Gasteiger partial charge in [0, 0.05) is 37.8 Å². The third-order valence-corrected chi connectivity index (χ3v) is 9.91. The molecule has 1 aliphatic heterocycles. The molecule has 3 atom stereocenters. The van der Waals surface area contributed by atoms with Gasteiger partial charge in [0.25, 0.3) is 11.8 Å². The summed E-state index contributed by atoms with van der Waals surface area (Å²) in [6, 6.07) is 21.9. The number of carbonyl (C=O) groups is 3.